The van der Waals surface area contributed by atoms with Gasteiger partial charge in [-0.3, -0.25) is 0 Å². The van der Waals surface area contributed by atoms with E-state index in [0.29, 0.717) is 0 Å². The summed E-state index contributed by atoms with van der Waals surface area (Å²) in [7, 11) is -9.60. The first-order valence-corrected chi connectivity index (χ1v) is 23.2. The highest BCUT2D eigenvalue weighted by atomic mass is 28.4. The third-order valence-corrected chi connectivity index (χ3v) is 22.8. The van der Waals surface area contributed by atoms with Crippen molar-refractivity contribution in [2.75, 3.05) is 0 Å². The van der Waals surface area contributed by atoms with Gasteiger partial charge in [0.05, 0.1) is 5.22 Å². The van der Waals surface area contributed by atoms with Gasteiger partial charge in [0, 0.05) is 5.22 Å². The van der Waals surface area contributed by atoms with Gasteiger partial charge >= 0.3 is 8.56 Å². The van der Waals surface area contributed by atoms with E-state index in [0.717, 1.165) is 0 Å². The molecule has 0 N–H and O–H groups in total. The van der Waals surface area contributed by atoms with E-state index in [-0.39, 0.29) is 5.22 Å². The van der Waals surface area contributed by atoms with E-state index < -0.39 is 38.5 Å². The molecule has 0 aliphatic carbocycles. The van der Waals surface area contributed by atoms with Crippen LogP contribution in [0.25, 0.3) is 0 Å². The lowest BCUT2D eigenvalue weighted by Crippen LogP contribution is -2.79. The second-order valence-electron chi connectivity index (χ2n) is 11.9. The largest absolute Gasteiger partial charge is 0.433 e. The molecule has 0 saturated heterocycles. The summed E-state index contributed by atoms with van der Waals surface area (Å²) in [5, 5.41) is 1.39. The summed E-state index contributed by atoms with van der Waals surface area (Å²) in [5.74, 6) is 0. The molecule has 0 spiro atoms. The Bertz CT molecular complexity index is 960. The van der Waals surface area contributed by atoms with Crippen molar-refractivity contribution in [3.05, 3.63) is 85.2 Å². The standard InChI is InChI=1S/C28H46O3Si4/c1-13-32(7,8)27(3,4)30-35(25-21-17-15-18-22-25,26-23-19-16-20-24-26)28(5,6)29-34(11,12)31-33(9,10)14-2/h13-24H,1-2H2,3-12H3. The van der Waals surface area contributed by atoms with E-state index in [9.17, 15) is 0 Å². The van der Waals surface area contributed by atoms with Crippen LogP contribution in [0.15, 0.2) is 85.2 Å². The van der Waals surface area contributed by atoms with Crippen molar-refractivity contribution in [1.82, 2.24) is 0 Å². The molecule has 192 valence electrons. The molecule has 0 aromatic heterocycles. The zero-order valence-electron chi connectivity index (χ0n) is 23.6. The number of benzene rings is 2. The average molecular weight is 543 g/mol. The van der Waals surface area contributed by atoms with Gasteiger partial charge in [-0.05, 0) is 64.3 Å². The van der Waals surface area contributed by atoms with Crippen molar-refractivity contribution in [3.63, 3.8) is 0 Å². The normalized spacial score (nSPS) is 14.0. The van der Waals surface area contributed by atoms with Crippen LogP contribution in [0.1, 0.15) is 27.7 Å². The molecule has 2 aromatic carbocycles. The molecule has 35 heavy (non-hydrogen) atoms. The van der Waals surface area contributed by atoms with Crippen LogP contribution in [-0.4, -0.2) is 43.7 Å². The Morgan fingerprint density at radius 3 is 1.43 bits per heavy atom. The maximum absolute atomic E-state index is 7.58. The van der Waals surface area contributed by atoms with Gasteiger partial charge in [-0.25, -0.2) is 0 Å². The molecular weight excluding hydrogens is 497 g/mol. The van der Waals surface area contributed by atoms with E-state index in [4.69, 9.17) is 13.0 Å². The van der Waals surface area contributed by atoms with Gasteiger partial charge in [-0.2, -0.15) is 0 Å². The summed E-state index contributed by atoms with van der Waals surface area (Å²) in [6.45, 7) is 30.4. The lowest BCUT2D eigenvalue weighted by Gasteiger charge is -2.53. The fourth-order valence-corrected chi connectivity index (χ4v) is 19.0. The molecule has 3 nitrogen and oxygen atoms in total. The van der Waals surface area contributed by atoms with Gasteiger partial charge in [-0.1, -0.05) is 85.2 Å². The molecule has 2 rings (SSSR count). The van der Waals surface area contributed by atoms with Crippen molar-refractivity contribution in [2.24, 2.45) is 0 Å². The van der Waals surface area contributed by atoms with Crippen LogP contribution in [0.5, 0.6) is 0 Å². The monoisotopic (exact) mass is 542 g/mol. The minimum atomic E-state index is -3.02. The molecule has 7 heteroatoms. The zero-order chi connectivity index (χ0) is 26.8. The van der Waals surface area contributed by atoms with E-state index >= 15 is 0 Å². The van der Waals surface area contributed by atoms with Crippen LogP contribution in [-0.2, 0) is 13.0 Å². The van der Waals surface area contributed by atoms with Gasteiger partial charge in [0.25, 0.3) is 8.32 Å². The fourth-order valence-electron chi connectivity index (χ4n) is 4.59. The topological polar surface area (TPSA) is 27.7 Å². The predicted molar refractivity (Wildman–Crippen MR) is 162 cm³/mol. The van der Waals surface area contributed by atoms with Crippen LogP contribution < -0.4 is 10.4 Å². The number of hydrogen-bond acceptors (Lipinski definition) is 3. The Hall–Kier alpha value is -1.33. The van der Waals surface area contributed by atoms with Crippen molar-refractivity contribution in [3.8, 4) is 0 Å². The molecular formula is C28H46O3Si4. The number of rotatable bonds is 12. The highest BCUT2D eigenvalue weighted by Gasteiger charge is 2.60. The Balaban J connectivity index is 2.84. The van der Waals surface area contributed by atoms with Gasteiger partial charge in [0.15, 0.2) is 8.32 Å². The SMILES string of the molecule is C=C[Si](C)(C)O[Si](C)(C)OC(C)(C)[Si](OC(C)(C)[Si](C)(C)C=C)(c1ccccc1)c1ccccc1. The predicted octanol–water partition coefficient (Wildman–Crippen LogP) is 6.50. The molecule has 0 aliphatic rings. The maximum atomic E-state index is 7.58. The molecule has 0 radical (unpaired) electrons. The van der Waals surface area contributed by atoms with Crippen LogP contribution in [0.2, 0.25) is 39.3 Å². The van der Waals surface area contributed by atoms with E-state index in [1.807, 2.05) is 5.70 Å². The third-order valence-electron chi connectivity index (χ3n) is 7.18. The average Bonchev–Trinajstić information content (AvgIpc) is 2.76. The Morgan fingerprint density at radius 2 is 1.06 bits per heavy atom. The first-order valence-electron chi connectivity index (χ1n) is 12.4. The molecule has 0 bridgehead atoms. The summed E-state index contributed by atoms with van der Waals surface area (Å²) in [6, 6.07) is 21.4. The highest BCUT2D eigenvalue weighted by Crippen LogP contribution is 2.37. The smallest absolute Gasteiger partial charge is 0.321 e. The fraction of sp³-hybridized carbons (Fsp3) is 0.429. The van der Waals surface area contributed by atoms with E-state index in [1.165, 1.54) is 10.4 Å². The van der Waals surface area contributed by atoms with Gasteiger partial charge in [0.1, 0.15) is 8.07 Å². The Labute approximate surface area is 218 Å². The first kappa shape index (κ1) is 29.9. The molecule has 0 saturated carbocycles. The molecule has 0 atom stereocenters. The number of hydrogen-bond donors (Lipinski definition) is 0. The van der Waals surface area contributed by atoms with E-state index in [2.05, 4.69) is 146 Å². The van der Waals surface area contributed by atoms with Crippen LogP contribution in [0, 0.1) is 0 Å². The lowest BCUT2D eigenvalue weighted by atomic mass is 10.4. The molecule has 0 fully saturated rings. The molecule has 0 amide bonds. The molecule has 2 aromatic rings. The van der Waals surface area contributed by atoms with Crippen LogP contribution >= 0.6 is 0 Å². The third kappa shape index (κ3) is 6.52. The van der Waals surface area contributed by atoms with Gasteiger partial charge in [-0.15, -0.1) is 13.2 Å². The van der Waals surface area contributed by atoms with Crippen molar-refractivity contribution in [1.29, 1.82) is 0 Å². The summed E-state index contributed by atoms with van der Waals surface area (Å²) >= 11 is 0. The van der Waals surface area contributed by atoms with Crippen molar-refractivity contribution in [2.45, 2.75) is 77.4 Å². The summed E-state index contributed by atoms with van der Waals surface area (Å²) in [4.78, 5) is 0. The van der Waals surface area contributed by atoms with Crippen molar-refractivity contribution < 1.29 is 13.0 Å². The summed E-state index contributed by atoms with van der Waals surface area (Å²) < 4.78 is 21.4. The molecule has 0 heterocycles. The van der Waals surface area contributed by atoms with E-state index in [1.54, 1.807) is 0 Å². The van der Waals surface area contributed by atoms with Gasteiger partial charge < -0.3 is 13.0 Å². The summed E-state index contributed by atoms with van der Waals surface area (Å²) in [5.41, 5.74) is 4.12. The van der Waals surface area contributed by atoms with Crippen LogP contribution in [0.4, 0.5) is 0 Å². The quantitative estimate of drug-likeness (QED) is 0.287. The highest BCUT2D eigenvalue weighted by molar-refractivity contribution is 7.01. The Morgan fingerprint density at radius 1 is 0.629 bits per heavy atom. The second-order valence-corrected chi connectivity index (χ2v) is 28.3. The van der Waals surface area contributed by atoms with Crippen molar-refractivity contribution >= 4 is 43.6 Å². The zero-order valence-corrected chi connectivity index (χ0v) is 27.6. The first-order chi connectivity index (χ1) is 16.0. The van der Waals surface area contributed by atoms with Gasteiger partial charge in [0.2, 0.25) is 0 Å². The minimum Gasteiger partial charge on any atom is -0.433 e. The second kappa shape index (κ2) is 10.6. The minimum absolute atomic E-state index is 0.380. The molecule has 0 unspecified atom stereocenters. The Kier molecular flexibility index (Phi) is 9.03. The maximum Gasteiger partial charge on any atom is 0.321 e. The van der Waals surface area contributed by atoms with Crippen LogP contribution in [0.3, 0.4) is 0 Å². The lowest BCUT2D eigenvalue weighted by molar-refractivity contribution is 0.0907. The summed E-state index contributed by atoms with van der Waals surface area (Å²) in [6.07, 6.45) is 0. The molecule has 0 aliphatic heterocycles.